The maximum Gasteiger partial charge on any atom is 0.316 e. The summed E-state index contributed by atoms with van der Waals surface area (Å²) in [4.78, 5) is 28.3. The summed E-state index contributed by atoms with van der Waals surface area (Å²) in [6, 6.07) is 10.6. The van der Waals surface area contributed by atoms with Gasteiger partial charge >= 0.3 is 11.8 Å². The summed E-state index contributed by atoms with van der Waals surface area (Å²) in [7, 11) is 0. The van der Waals surface area contributed by atoms with Crippen LogP contribution in [0, 0.1) is 0 Å². The second kappa shape index (κ2) is 11.1. The van der Waals surface area contributed by atoms with Crippen molar-refractivity contribution in [3.63, 3.8) is 0 Å². The van der Waals surface area contributed by atoms with Crippen LogP contribution in [0.2, 0.25) is 15.1 Å². The molecule has 0 aliphatic heterocycles. The van der Waals surface area contributed by atoms with E-state index in [0.717, 1.165) is 5.56 Å². The lowest BCUT2D eigenvalue weighted by Gasteiger charge is -2.18. The summed E-state index contributed by atoms with van der Waals surface area (Å²) >= 11 is 17.8. The van der Waals surface area contributed by atoms with Crippen LogP contribution in [0.3, 0.4) is 0 Å². The first-order chi connectivity index (χ1) is 16.0. The third kappa shape index (κ3) is 6.85. The summed E-state index contributed by atoms with van der Waals surface area (Å²) in [6.45, 7) is 6.40. The van der Waals surface area contributed by atoms with E-state index in [1.54, 1.807) is 0 Å². The number of ether oxygens (including phenoxy) is 1. The molecular formula is C23H23Cl3N4O4. The average molecular weight is 526 g/mol. The van der Waals surface area contributed by atoms with Crippen molar-refractivity contribution < 1.29 is 18.8 Å². The van der Waals surface area contributed by atoms with Crippen molar-refractivity contribution in [1.29, 1.82) is 0 Å². The van der Waals surface area contributed by atoms with Crippen molar-refractivity contribution in [2.45, 2.75) is 26.2 Å². The summed E-state index contributed by atoms with van der Waals surface area (Å²) in [5.74, 6) is -0.566. The molecule has 0 bridgehead atoms. The standard InChI is InChI=1S/C23H23Cl3N4O4/c1-23(2,3)14-6-4-13(5-7-14)20-29-22(34-30-20)21(32)28-9-8-27-19(31)12-33-18-11-16(25)15(24)10-17(18)26/h4-7,10-11H,8-9,12H2,1-3H3,(H,27,31)(H,28,32). The Bertz CT molecular complexity index is 1170. The molecule has 1 aromatic heterocycles. The van der Waals surface area contributed by atoms with Crippen LogP contribution in [-0.4, -0.2) is 41.7 Å². The van der Waals surface area contributed by atoms with Gasteiger partial charge in [-0.1, -0.05) is 85.0 Å². The molecule has 0 spiro atoms. The molecular weight excluding hydrogens is 503 g/mol. The van der Waals surface area contributed by atoms with Gasteiger partial charge in [0.05, 0.1) is 15.1 Å². The minimum atomic E-state index is -0.543. The van der Waals surface area contributed by atoms with Crippen LogP contribution in [0.15, 0.2) is 40.9 Å². The molecule has 3 aromatic rings. The highest BCUT2D eigenvalue weighted by Gasteiger charge is 2.18. The fraction of sp³-hybridized carbons (Fsp3) is 0.304. The van der Waals surface area contributed by atoms with Gasteiger partial charge in [-0.3, -0.25) is 9.59 Å². The fourth-order valence-electron chi connectivity index (χ4n) is 2.82. The highest BCUT2D eigenvalue weighted by Crippen LogP contribution is 2.33. The zero-order valence-corrected chi connectivity index (χ0v) is 21.0. The number of hydrogen-bond acceptors (Lipinski definition) is 6. The molecule has 2 N–H and O–H groups in total. The lowest BCUT2D eigenvalue weighted by molar-refractivity contribution is -0.123. The second-order valence-corrected chi connectivity index (χ2v) is 9.56. The monoisotopic (exact) mass is 524 g/mol. The number of halogens is 3. The largest absolute Gasteiger partial charge is 0.482 e. The van der Waals surface area contributed by atoms with Crippen molar-refractivity contribution in [2.75, 3.05) is 19.7 Å². The van der Waals surface area contributed by atoms with Gasteiger partial charge in [-0.25, -0.2) is 0 Å². The molecule has 0 atom stereocenters. The van der Waals surface area contributed by atoms with E-state index in [9.17, 15) is 9.59 Å². The summed E-state index contributed by atoms with van der Waals surface area (Å²) < 4.78 is 10.4. The maximum absolute atomic E-state index is 12.2. The number of nitrogens with zero attached hydrogens (tertiary/aromatic N) is 2. The van der Waals surface area contributed by atoms with E-state index in [1.165, 1.54) is 17.7 Å². The van der Waals surface area contributed by atoms with E-state index < -0.39 is 11.8 Å². The molecule has 34 heavy (non-hydrogen) atoms. The molecule has 0 radical (unpaired) electrons. The molecule has 180 valence electrons. The highest BCUT2D eigenvalue weighted by molar-refractivity contribution is 6.43. The highest BCUT2D eigenvalue weighted by atomic mass is 35.5. The Balaban J connectivity index is 1.43. The van der Waals surface area contributed by atoms with Gasteiger partial charge in [-0.05, 0) is 17.0 Å². The van der Waals surface area contributed by atoms with Crippen LogP contribution in [0.25, 0.3) is 11.4 Å². The van der Waals surface area contributed by atoms with Gasteiger partial charge in [-0.15, -0.1) is 0 Å². The number of nitrogens with one attached hydrogen (secondary N) is 2. The number of aromatic nitrogens is 2. The number of hydrogen-bond donors (Lipinski definition) is 2. The number of rotatable bonds is 8. The Kier molecular flexibility index (Phi) is 8.41. The summed E-state index contributed by atoms with van der Waals surface area (Å²) in [5, 5.41) is 9.85. The van der Waals surface area contributed by atoms with Crippen molar-refractivity contribution in [1.82, 2.24) is 20.8 Å². The van der Waals surface area contributed by atoms with E-state index in [2.05, 4.69) is 41.5 Å². The Morgan fingerprint density at radius 1 is 0.971 bits per heavy atom. The van der Waals surface area contributed by atoms with Crippen molar-refractivity contribution >= 4 is 46.6 Å². The molecule has 0 saturated carbocycles. The van der Waals surface area contributed by atoms with Crippen molar-refractivity contribution in [3.8, 4) is 17.1 Å². The van der Waals surface area contributed by atoms with Crippen LogP contribution in [0.4, 0.5) is 0 Å². The molecule has 0 fully saturated rings. The van der Waals surface area contributed by atoms with E-state index in [-0.39, 0.29) is 51.8 Å². The first kappa shape index (κ1) is 25.8. The number of amides is 2. The summed E-state index contributed by atoms with van der Waals surface area (Å²) in [6.07, 6.45) is 0. The van der Waals surface area contributed by atoms with Crippen molar-refractivity contribution in [2.24, 2.45) is 0 Å². The Morgan fingerprint density at radius 2 is 1.62 bits per heavy atom. The predicted molar refractivity (Wildman–Crippen MR) is 131 cm³/mol. The van der Waals surface area contributed by atoms with Gasteiger partial charge in [0.2, 0.25) is 5.82 Å². The zero-order valence-electron chi connectivity index (χ0n) is 18.7. The number of carbonyl (C=O) groups is 2. The quantitative estimate of drug-likeness (QED) is 0.319. The van der Waals surface area contributed by atoms with Gasteiger partial charge in [0, 0.05) is 24.7 Å². The molecule has 3 rings (SSSR count). The molecule has 2 amide bonds. The van der Waals surface area contributed by atoms with Crippen LogP contribution in [0.1, 0.15) is 37.0 Å². The normalized spacial score (nSPS) is 11.2. The Morgan fingerprint density at radius 3 is 2.29 bits per heavy atom. The molecule has 11 heteroatoms. The Labute approximate surface area is 211 Å². The first-order valence-electron chi connectivity index (χ1n) is 10.3. The van der Waals surface area contributed by atoms with Crippen LogP contribution >= 0.6 is 34.8 Å². The third-order valence-corrected chi connectivity index (χ3v) is 5.71. The number of carbonyl (C=O) groups excluding carboxylic acids is 2. The topological polar surface area (TPSA) is 106 Å². The van der Waals surface area contributed by atoms with Crippen LogP contribution in [-0.2, 0) is 10.2 Å². The molecule has 0 unspecified atom stereocenters. The van der Waals surface area contributed by atoms with Gasteiger partial charge in [0.25, 0.3) is 5.91 Å². The van der Waals surface area contributed by atoms with E-state index in [4.69, 9.17) is 44.1 Å². The minimum Gasteiger partial charge on any atom is -0.482 e. The molecule has 2 aromatic carbocycles. The fourth-order valence-corrected chi connectivity index (χ4v) is 3.41. The molecule has 0 saturated heterocycles. The van der Waals surface area contributed by atoms with Gasteiger partial charge < -0.3 is 19.9 Å². The second-order valence-electron chi connectivity index (χ2n) is 8.34. The lowest BCUT2D eigenvalue weighted by Crippen LogP contribution is -2.36. The third-order valence-electron chi connectivity index (χ3n) is 4.70. The lowest BCUT2D eigenvalue weighted by atomic mass is 9.87. The summed E-state index contributed by atoms with van der Waals surface area (Å²) in [5.41, 5.74) is 1.94. The van der Waals surface area contributed by atoms with E-state index in [1.807, 2.05) is 24.3 Å². The van der Waals surface area contributed by atoms with Crippen molar-refractivity contribution in [3.05, 3.63) is 62.9 Å². The van der Waals surface area contributed by atoms with Gasteiger partial charge in [0.1, 0.15) is 5.75 Å². The average Bonchev–Trinajstić information content (AvgIpc) is 3.28. The SMILES string of the molecule is CC(C)(C)c1ccc(-c2noc(C(=O)NCCNC(=O)COc3cc(Cl)c(Cl)cc3Cl)n2)cc1. The zero-order chi connectivity index (χ0) is 24.9. The minimum absolute atomic E-state index is 0.0268. The van der Waals surface area contributed by atoms with Gasteiger partial charge in [0.15, 0.2) is 6.61 Å². The molecule has 0 aliphatic carbocycles. The van der Waals surface area contributed by atoms with Gasteiger partial charge in [-0.2, -0.15) is 4.98 Å². The van der Waals surface area contributed by atoms with Crippen LogP contribution in [0.5, 0.6) is 5.75 Å². The smallest absolute Gasteiger partial charge is 0.316 e. The first-order valence-corrected chi connectivity index (χ1v) is 11.4. The number of benzene rings is 2. The molecule has 1 heterocycles. The molecule has 8 nitrogen and oxygen atoms in total. The maximum atomic E-state index is 12.2. The van der Waals surface area contributed by atoms with Crippen LogP contribution < -0.4 is 15.4 Å². The predicted octanol–water partition coefficient (Wildman–Crippen LogP) is 4.92. The van der Waals surface area contributed by atoms with E-state index >= 15 is 0 Å². The van der Waals surface area contributed by atoms with E-state index in [0.29, 0.717) is 5.82 Å². The Hall–Kier alpha value is -2.81. The molecule has 0 aliphatic rings.